The number of nitrogens with one attached hydrogen (secondary N) is 2. The van der Waals surface area contributed by atoms with Crippen LogP contribution in [0.5, 0.6) is 0 Å². The molecule has 16 heteroatoms. The number of halogens is 4. The van der Waals surface area contributed by atoms with E-state index in [4.69, 9.17) is 16.3 Å². The number of rotatable bonds is 9. The number of aromatic nitrogens is 3. The van der Waals surface area contributed by atoms with Crippen LogP contribution in [0.25, 0.3) is 0 Å². The zero-order chi connectivity index (χ0) is 24.2. The van der Waals surface area contributed by atoms with E-state index in [-0.39, 0.29) is 61.3 Å². The zero-order valence-corrected chi connectivity index (χ0v) is 19.8. The molecular formula is C17H22ClF3N6O4S2. The van der Waals surface area contributed by atoms with Crippen LogP contribution in [0.2, 0.25) is 5.02 Å². The van der Waals surface area contributed by atoms with Gasteiger partial charge in [0.25, 0.3) is 5.56 Å². The van der Waals surface area contributed by atoms with Gasteiger partial charge in [0.1, 0.15) is 9.90 Å². The minimum Gasteiger partial charge on any atom is -0.378 e. The molecule has 0 saturated carbocycles. The Morgan fingerprint density at radius 2 is 2.00 bits per heavy atom. The van der Waals surface area contributed by atoms with Crippen molar-refractivity contribution in [1.82, 2.24) is 19.5 Å². The number of alkyl halides is 3. The highest BCUT2D eigenvalue weighted by atomic mass is 35.5. The van der Waals surface area contributed by atoms with Crippen LogP contribution in [0.15, 0.2) is 17.2 Å². The Morgan fingerprint density at radius 3 is 2.64 bits per heavy atom. The van der Waals surface area contributed by atoms with E-state index < -0.39 is 26.6 Å². The maximum absolute atomic E-state index is 12.8. The second kappa shape index (κ2) is 10.5. The third-order valence-corrected chi connectivity index (χ3v) is 8.04. The van der Waals surface area contributed by atoms with Gasteiger partial charge in [-0.05, 0) is 6.92 Å². The summed E-state index contributed by atoms with van der Waals surface area (Å²) in [6.45, 7) is 2.68. The maximum Gasteiger partial charge on any atom is 0.427 e. The van der Waals surface area contributed by atoms with Gasteiger partial charge in [-0.3, -0.25) is 4.79 Å². The molecule has 1 saturated heterocycles. The third kappa shape index (κ3) is 6.79. The molecule has 10 nitrogen and oxygen atoms in total. The number of hydrogen-bond donors (Lipinski definition) is 2. The first-order chi connectivity index (χ1) is 15.5. The fourth-order valence-electron chi connectivity index (χ4n) is 3.04. The van der Waals surface area contributed by atoms with Gasteiger partial charge in [0, 0.05) is 32.2 Å². The number of H-pyrrole nitrogens is 1. The van der Waals surface area contributed by atoms with Gasteiger partial charge in [-0.15, -0.1) is 0 Å². The lowest BCUT2D eigenvalue weighted by molar-refractivity contribution is -0.134. The SMILES string of the molecule is CC(COCCS(=O)(=O)N1CCN(c2ncc(C(F)(F)F)s2)CC1)Nc1cn[nH]c(=O)c1Cl. The molecule has 3 heterocycles. The monoisotopic (exact) mass is 530 g/mol. The fourth-order valence-corrected chi connectivity index (χ4v) is 5.33. The van der Waals surface area contributed by atoms with E-state index >= 15 is 0 Å². The van der Waals surface area contributed by atoms with Gasteiger partial charge in [0.05, 0.1) is 37.0 Å². The molecule has 0 amide bonds. The fraction of sp³-hybridized carbons (Fsp3) is 0.588. The number of ether oxygens (including phenoxy) is 1. The van der Waals surface area contributed by atoms with Crippen molar-refractivity contribution in [2.45, 2.75) is 19.1 Å². The van der Waals surface area contributed by atoms with E-state index in [1.54, 1.807) is 11.8 Å². The van der Waals surface area contributed by atoms with E-state index in [1.807, 2.05) is 0 Å². The topological polar surface area (TPSA) is 121 Å². The molecule has 33 heavy (non-hydrogen) atoms. The minimum absolute atomic E-state index is 0.0362. The van der Waals surface area contributed by atoms with Gasteiger partial charge < -0.3 is 15.0 Å². The molecule has 3 rings (SSSR count). The minimum atomic E-state index is -4.45. The summed E-state index contributed by atoms with van der Waals surface area (Å²) < 4.78 is 70.1. The van der Waals surface area contributed by atoms with Gasteiger partial charge in [0.15, 0.2) is 5.13 Å². The van der Waals surface area contributed by atoms with Crippen molar-refractivity contribution in [3.63, 3.8) is 0 Å². The first-order valence-corrected chi connectivity index (χ1v) is 12.6. The van der Waals surface area contributed by atoms with E-state index in [1.165, 1.54) is 10.5 Å². The first-order valence-electron chi connectivity index (χ1n) is 9.80. The molecular weight excluding hydrogens is 509 g/mol. The third-order valence-electron chi connectivity index (χ3n) is 4.73. The van der Waals surface area contributed by atoms with Crippen LogP contribution in [0.1, 0.15) is 11.8 Å². The molecule has 1 aliphatic heterocycles. The smallest absolute Gasteiger partial charge is 0.378 e. The van der Waals surface area contributed by atoms with Crippen molar-refractivity contribution in [1.29, 1.82) is 0 Å². The van der Waals surface area contributed by atoms with Crippen molar-refractivity contribution >= 4 is 43.8 Å². The van der Waals surface area contributed by atoms with Gasteiger partial charge in [-0.2, -0.15) is 22.6 Å². The van der Waals surface area contributed by atoms with Crippen LogP contribution in [0.4, 0.5) is 24.0 Å². The summed E-state index contributed by atoms with van der Waals surface area (Å²) in [7, 11) is -3.59. The Morgan fingerprint density at radius 1 is 1.30 bits per heavy atom. The molecule has 1 fully saturated rings. The molecule has 0 spiro atoms. The Balaban J connectivity index is 1.42. The van der Waals surface area contributed by atoms with Crippen molar-refractivity contribution in [3.05, 3.63) is 32.6 Å². The van der Waals surface area contributed by atoms with E-state index in [0.717, 1.165) is 6.20 Å². The Kier molecular flexibility index (Phi) is 8.21. The highest BCUT2D eigenvalue weighted by Crippen LogP contribution is 2.36. The summed E-state index contributed by atoms with van der Waals surface area (Å²) in [5, 5.41) is 9.00. The predicted molar refractivity (Wildman–Crippen MR) is 118 cm³/mol. The average Bonchev–Trinajstić information content (AvgIpc) is 3.26. The van der Waals surface area contributed by atoms with Crippen LogP contribution in [-0.2, 0) is 20.9 Å². The Hall–Kier alpha value is -1.94. The predicted octanol–water partition coefficient (Wildman–Crippen LogP) is 1.87. The molecule has 184 valence electrons. The second-order valence-corrected chi connectivity index (χ2v) is 10.7. The molecule has 2 aromatic rings. The van der Waals surface area contributed by atoms with Crippen LogP contribution < -0.4 is 15.8 Å². The van der Waals surface area contributed by atoms with Crippen molar-refractivity contribution in [3.8, 4) is 0 Å². The van der Waals surface area contributed by atoms with Crippen molar-refractivity contribution in [2.24, 2.45) is 0 Å². The lowest BCUT2D eigenvalue weighted by atomic mass is 10.3. The molecule has 1 unspecified atom stereocenters. The van der Waals surface area contributed by atoms with Crippen LogP contribution >= 0.6 is 22.9 Å². The number of anilines is 2. The van der Waals surface area contributed by atoms with Gasteiger partial charge in [-0.1, -0.05) is 22.9 Å². The summed E-state index contributed by atoms with van der Waals surface area (Å²) in [6, 6.07) is -0.266. The quantitative estimate of drug-likeness (QED) is 0.471. The van der Waals surface area contributed by atoms with Gasteiger partial charge in [0.2, 0.25) is 10.0 Å². The molecule has 0 aromatic carbocycles. The zero-order valence-electron chi connectivity index (χ0n) is 17.4. The highest BCUT2D eigenvalue weighted by molar-refractivity contribution is 7.89. The van der Waals surface area contributed by atoms with E-state index in [0.29, 0.717) is 17.0 Å². The summed E-state index contributed by atoms with van der Waals surface area (Å²) in [6.07, 6.45) is -2.30. The summed E-state index contributed by atoms with van der Waals surface area (Å²) in [4.78, 5) is 16.1. The Labute approximate surface area is 196 Å². The molecule has 0 aliphatic carbocycles. The number of sulfonamides is 1. The van der Waals surface area contributed by atoms with E-state index in [9.17, 15) is 26.4 Å². The first kappa shape index (κ1) is 25.7. The highest BCUT2D eigenvalue weighted by Gasteiger charge is 2.35. The number of thiazole rings is 1. The van der Waals surface area contributed by atoms with Gasteiger partial charge in [-0.25, -0.2) is 18.5 Å². The molecule has 0 bridgehead atoms. The molecule has 1 atom stereocenters. The van der Waals surface area contributed by atoms with Crippen molar-refractivity contribution in [2.75, 3.05) is 55.4 Å². The Bertz CT molecular complexity index is 1100. The van der Waals surface area contributed by atoms with E-state index in [2.05, 4.69) is 20.5 Å². The van der Waals surface area contributed by atoms with Crippen LogP contribution in [0, 0.1) is 0 Å². The summed E-state index contributed by atoms with van der Waals surface area (Å²) in [5.74, 6) is -0.234. The largest absolute Gasteiger partial charge is 0.427 e. The molecule has 1 aliphatic rings. The second-order valence-electron chi connectivity index (χ2n) is 7.25. The summed E-state index contributed by atoms with van der Waals surface area (Å²) >= 11 is 6.43. The number of hydrogen-bond acceptors (Lipinski definition) is 9. The summed E-state index contributed by atoms with van der Waals surface area (Å²) in [5.41, 5.74) is -0.193. The van der Waals surface area contributed by atoms with Gasteiger partial charge >= 0.3 is 6.18 Å². The number of piperazine rings is 1. The average molecular weight is 531 g/mol. The van der Waals surface area contributed by atoms with Crippen LogP contribution in [-0.4, -0.2) is 79.1 Å². The van der Waals surface area contributed by atoms with Crippen molar-refractivity contribution < 1.29 is 26.3 Å². The lowest BCUT2D eigenvalue weighted by Gasteiger charge is -2.33. The number of aromatic amines is 1. The molecule has 2 aromatic heterocycles. The standard InChI is InChI=1S/C17H22ClF3N6O4S2/c1-11(24-12-8-23-25-15(28)14(12)18)10-31-6-7-33(29,30)27-4-2-26(3-5-27)16-22-9-13(32-16)17(19,20)21/h8-9,11H,2-7,10H2,1H3,(H2,24,25,28). The lowest BCUT2D eigenvalue weighted by Crippen LogP contribution is -2.49. The molecule has 0 radical (unpaired) electrons. The van der Waals surface area contributed by atoms with Crippen LogP contribution in [0.3, 0.4) is 0 Å². The maximum atomic E-state index is 12.8. The number of nitrogens with zero attached hydrogens (tertiary/aromatic N) is 4. The molecule has 2 N–H and O–H groups in total. The normalized spacial score (nSPS) is 16.7.